The molecule has 0 aliphatic heterocycles. The van der Waals surface area contributed by atoms with E-state index in [9.17, 15) is 14.7 Å². The van der Waals surface area contributed by atoms with Crippen LogP contribution >= 0.6 is 11.3 Å². The van der Waals surface area contributed by atoms with Crippen LogP contribution < -0.4 is 10.6 Å². The maximum absolute atomic E-state index is 10.8. The third-order valence-electron chi connectivity index (χ3n) is 2.52. The average Bonchev–Trinajstić information content (AvgIpc) is 2.85. The Balaban J connectivity index is 2.51. The molecule has 6 nitrogen and oxygen atoms in total. The summed E-state index contributed by atoms with van der Waals surface area (Å²) < 4.78 is 0. The van der Waals surface area contributed by atoms with Gasteiger partial charge < -0.3 is 20.8 Å². The zero-order valence-electron chi connectivity index (χ0n) is 10.6. The molecule has 0 saturated carbocycles. The maximum Gasteiger partial charge on any atom is 0.305 e. The minimum Gasteiger partial charge on any atom is -0.481 e. The number of aliphatic hydroxyl groups is 1. The predicted molar refractivity (Wildman–Crippen MR) is 72.0 cm³/mol. The van der Waals surface area contributed by atoms with Crippen molar-refractivity contribution in [2.45, 2.75) is 25.5 Å². The Bertz CT molecular complexity index is 408. The van der Waals surface area contributed by atoms with Gasteiger partial charge in [-0.2, -0.15) is 0 Å². The van der Waals surface area contributed by atoms with Gasteiger partial charge in [0, 0.05) is 30.9 Å². The second-order valence-corrected chi connectivity index (χ2v) is 5.08. The van der Waals surface area contributed by atoms with E-state index in [-0.39, 0.29) is 12.3 Å². The van der Waals surface area contributed by atoms with Crippen LogP contribution in [0.3, 0.4) is 0 Å². The van der Waals surface area contributed by atoms with Crippen molar-refractivity contribution in [3.05, 3.63) is 22.4 Å². The van der Waals surface area contributed by atoms with Crippen LogP contribution in [0.15, 0.2) is 17.5 Å². The zero-order chi connectivity index (χ0) is 14.3. The Morgan fingerprint density at radius 3 is 2.68 bits per heavy atom. The fourth-order valence-corrected chi connectivity index (χ4v) is 2.41. The molecule has 0 aliphatic rings. The number of aliphatic carboxylic acids is 1. The first-order valence-corrected chi connectivity index (χ1v) is 6.79. The lowest BCUT2D eigenvalue weighted by Crippen LogP contribution is -2.41. The number of hydrogen-bond donors (Lipinski definition) is 4. The zero-order valence-corrected chi connectivity index (χ0v) is 11.4. The molecule has 2 atom stereocenters. The van der Waals surface area contributed by atoms with Gasteiger partial charge in [-0.1, -0.05) is 6.07 Å². The summed E-state index contributed by atoms with van der Waals surface area (Å²) in [6.45, 7) is 2.21. The van der Waals surface area contributed by atoms with Crippen LogP contribution in [0.25, 0.3) is 0 Å². The van der Waals surface area contributed by atoms with E-state index in [2.05, 4.69) is 10.6 Å². The Morgan fingerprint density at radius 2 is 2.16 bits per heavy atom. The molecular weight excluding hydrogens is 268 g/mol. The van der Waals surface area contributed by atoms with Crippen molar-refractivity contribution in [3.8, 4) is 0 Å². The molecule has 1 amide bonds. The van der Waals surface area contributed by atoms with Crippen molar-refractivity contribution >= 4 is 23.2 Å². The summed E-state index contributed by atoms with van der Waals surface area (Å²) >= 11 is 1.38. The molecule has 0 saturated heterocycles. The molecule has 7 heteroatoms. The lowest BCUT2D eigenvalue weighted by atomic mass is 10.1. The topological polar surface area (TPSA) is 98.7 Å². The van der Waals surface area contributed by atoms with Crippen molar-refractivity contribution in [1.29, 1.82) is 0 Å². The van der Waals surface area contributed by atoms with Crippen LogP contribution in [0.1, 0.15) is 24.3 Å². The highest BCUT2D eigenvalue weighted by molar-refractivity contribution is 7.10. The van der Waals surface area contributed by atoms with E-state index in [0.717, 1.165) is 4.88 Å². The number of carbonyl (C=O) groups is 2. The van der Waals surface area contributed by atoms with Crippen LogP contribution in [0.5, 0.6) is 0 Å². The molecule has 0 spiro atoms. The van der Waals surface area contributed by atoms with Crippen LogP contribution in [0, 0.1) is 0 Å². The summed E-state index contributed by atoms with van der Waals surface area (Å²) in [7, 11) is 0. The summed E-state index contributed by atoms with van der Waals surface area (Å²) in [5, 5.41) is 26.4. The van der Waals surface area contributed by atoms with Crippen LogP contribution in [0.2, 0.25) is 0 Å². The van der Waals surface area contributed by atoms with Gasteiger partial charge in [0.15, 0.2) is 0 Å². The van der Waals surface area contributed by atoms with Crippen LogP contribution in [-0.4, -0.2) is 41.2 Å². The Hall–Kier alpha value is -1.44. The molecule has 4 N–H and O–H groups in total. The highest BCUT2D eigenvalue weighted by atomic mass is 32.1. The van der Waals surface area contributed by atoms with Gasteiger partial charge in [-0.3, -0.25) is 9.59 Å². The molecule has 0 bridgehead atoms. The molecule has 19 heavy (non-hydrogen) atoms. The largest absolute Gasteiger partial charge is 0.481 e. The number of carboxylic acids is 1. The predicted octanol–water partition coefficient (Wildman–Crippen LogP) is 0.351. The molecule has 0 fully saturated rings. The third-order valence-corrected chi connectivity index (χ3v) is 3.46. The van der Waals surface area contributed by atoms with Gasteiger partial charge in [0.25, 0.3) is 0 Å². The summed E-state index contributed by atoms with van der Waals surface area (Å²) in [5.74, 6) is -1.12. The fraction of sp³-hybridized carbons (Fsp3) is 0.500. The van der Waals surface area contributed by atoms with Crippen LogP contribution in [0.4, 0.5) is 0 Å². The Kier molecular flexibility index (Phi) is 6.48. The van der Waals surface area contributed by atoms with Crippen molar-refractivity contribution < 1.29 is 19.8 Å². The molecule has 1 aromatic rings. The van der Waals surface area contributed by atoms with Crippen molar-refractivity contribution in [2.75, 3.05) is 13.1 Å². The molecule has 106 valence electrons. The van der Waals surface area contributed by atoms with Crippen LogP contribution in [-0.2, 0) is 9.59 Å². The lowest BCUT2D eigenvalue weighted by Gasteiger charge is -2.22. The first-order chi connectivity index (χ1) is 9.00. The van der Waals surface area contributed by atoms with E-state index in [1.54, 1.807) is 12.1 Å². The number of carbonyl (C=O) groups excluding carboxylic acids is 1. The minimum atomic E-state index is -0.979. The third kappa shape index (κ3) is 5.82. The van der Waals surface area contributed by atoms with Gasteiger partial charge in [0.2, 0.25) is 5.91 Å². The number of rotatable bonds is 8. The van der Waals surface area contributed by atoms with Gasteiger partial charge in [-0.05, 0) is 11.4 Å². The quantitative estimate of drug-likeness (QED) is 0.517. The monoisotopic (exact) mass is 286 g/mol. The first-order valence-electron chi connectivity index (χ1n) is 5.91. The standard InChI is InChI=1S/C12H18N2O4S/c1-8(15)13-4-5-14-9(7-11(16)17)12(18)10-3-2-6-19-10/h2-3,6,9,12,14,18H,4-5,7H2,1H3,(H,13,15)(H,16,17). The normalized spacial score (nSPS) is 13.8. The van der Waals surface area contributed by atoms with Crippen molar-refractivity contribution in [2.24, 2.45) is 0 Å². The van der Waals surface area contributed by atoms with Gasteiger partial charge in [-0.15, -0.1) is 11.3 Å². The molecule has 0 aromatic carbocycles. The Labute approximate surface area is 115 Å². The summed E-state index contributed by atoms with van der Waals surface area (Å²) in [6.07, 6.45) is -1.05. The molecular formula is C12H18N2O4S. The number of nitrogens with one attached hydrogen (secondary N) is 2. The lowest BCUT2D eigenvalue weighted by molar-refractivity contribution is -0.138. The first kappa shape index (κ1) is 15.6. The molecule has 0 aliphatic carbocycles. The average molecular weight is 286 g/mol. The number of carboxylic acid groups (broad SMARTS) is 1. The summed E-state index contributed by atoms with van der Waals surface area (Å²) in [4.78, 5) is 22.2. The highest BCUT2D eigenvalue weighted by Crippen LogP contribution is 2.23. The molecule has 1 rings (SSSR count). The van der Waals surface area contributed by atoms with E-state index in [1.165, 1.54) is 18.3 Å². The number of amides is 1. The highest BCUT2D eigenvalue weighted by Gasteiger charge is 2.23. The smallest absolute Gasteiger partial charge is 0.305 e. The van der Waals surface area contributed by atoms with Crippen molar-refractivity contribution in [1.82, 2.24) is 10.6 Å². The molecule has 1 aromatic heterocycles. The van der Waals surface area contributed by atoms with E-state index in [1.807, 2.05) is 5.38 Å². The Morgan fingerprint density at radius 1 is 1.42 bits per heavy atom. The second kappa shape index (κ2) is 7.88. The summed E-state index contributed by atoms with van der Waals surface area (Å²) in [6, 6.07) is 2.99. The molecule has 2 unspecified atom stereocenters. The SMILES string of the molecule is CC(=O)NCCNC(CC(=O)O)C(O)c1cccs1. The van der Waals surface area contributed by atoms with E-state index in [0.29, 0.717) is 13.1 Å². The number of aliphatic hydroxyl groups excluding tert-OH is 1. The van der Waals surface area contributed by atoms with Crippen molar-refractivity contribution in [3.63, 3.8) is 0 Å². The van der Waals surface area contributed by atoms with E-state index >= 15 is 0 Å². The van der Waals surface area contributed by atoms with E-state index < -0.39 is 18.1 Å². The molecule has 0 radical (unpaired) electrons. The van der Waals surface area contributed by atoms with E-state index in [4.69, 9.17) is 5.11 Å². The van der Waals surface area contributed by atoms with Gasteiger partial charge in [-0.25, -0.2) is 0 Å². The van der Waals surface area contributed by atoms with Gasteiger partial charge in [0.05, 0.1) is 6.42 Å². The van der Waals surface area contributed by atoms with Gasteiger partial charge >= 0.3 is 5.97 Å². The molecule has 1 heterocycles. The minimum absolute atomic E-state index is 0.143. The number of hydrogen-bond acceptors (Lipinski definition) is 5. The summed E-state index contributed by atoms with van der Waals surface area (Å²) in [5.41, 5.74) is 0. The fourth-order valence-electron chi connectivity index (χ4n) is 1.64. The maximum atomic E-state index is 10.8. The number of thiophene rings is 1. The second-order valence-electron chi connectivity index (χ2n) is 4.10. The van der Waals surface area contributed by atoms with Gasteiger partial charge in [0.1, 0.15) is 6.10 Å².